The van der Waals surface area contributed by atoms with E-state index < -0.39 is 0 Å². The number of nitrogen functional groups attached to an aromatic ring is 1. The Morgan fingerprint density at radius 1 is 1.42 bits per heavy atom. The van der Waals surface area contributed by atoms with Gasteiger partial charge in [-0.1, -0.05) is 15.9 Å². The summed E-state index contributed by atoms with van der Waals surface area (Å²) in [6, 6.07) is 3.95. The molecule has 0 aliphatic carbocycles. The standard InChI is InChI=1S/C13H14BrN3OS/c1-7-3-9(14)4-8(2)12(7)17-11(18)5-10-6-19-13(15)16-10/h3-4,6H,5H2,1-2H3,(H2,15,16)(H,17,18). The molecule has 1 heterocycles. The first kappa shape index (κ1) is 14.0. The van der Waals surface area contributed by atoms with Crippen LogP contribution in [0.4, 0.5) is 10.8 Å². The SMILES string of the molecule is Cc1cc(Br)cc(C)c1NC(=O)Cc1csc(N)n1. The average Bonchev–Trinajstić information content (AvgIpc) is 2.69. The number of aromatic nitrogens is 1. The zero-order chi connectivity index (χ0) is 14.0. The number of hydrogen-bond acceptors (Lipinski definition) is 4. The van der Waals surface area contributed by atoms with Gasteiger partial charge in [0.1, 0.15) is 0 Å². The Labute approximate surface area is 124 Å². The van der Waals surface area contributed by atoms with Crippen molar-refractivity contribution in [3.8, 4) is 0 Å². The maximum atomic E-state index is 12.0. The van der Waals surface area contributed by atoms with Gasteiger partial charge in [-0.3, -0.25) is 4.79 Å². The van der Waals surface area contributed by atoms with Gasteiger partial charge >= 0.3 is 0 Å². The van der Waals surface area contributed by atoms with Crippen molar-refractivity contribution in [2.24, 2.45) is 0 Å². The summed E-state index contributed by atoms with van der Waals surface area (Å²) in [7, 11) is 0. The van der Waals surface area contributed by atoms with Crippen LogP contribution in [0.1, 0.15) is 16.8 Å². The number of thiazole rings is 1. The summed E-state index contributed by atoms with van der Waals surface area (Å²) in [5.41, 5.74) is 9.15. The lowest BCUT2D eigenvalue weighted by molar-refractivity contribution is -0.115. The Balaban J connectivity index is 2.11. The number of hydrogen-bond donors (Lipinski definition) is 2. The van der Waals surface area contributed by atoms with E-state index in [1.807, 2.05) is 26.0 Å². The van der Waals surface area contributed by atoms with Crippen LogP contribution in [0, 0.1) is 13.8 Å². The van der Waals surface area contributed by atoms with E-state index in [4.69, 9.17) is 5.73 Å². The summed E-state index contributed by atoms with van der Waals surface area (Å²) in [5.74, 6) is -0.0844. The van der Waals surface area contributed by atoms with Crippen molar-refractivity contribution in [2.45, 2.75) is 20.3 Å². The van der Waals surface area contributed by atoms with Crippen LogP contribution in [0.3, 0.4) is 0 Å². The predicted molar refractivity (Wildman–Crippen MR) is 82.5 cm³/mol. The summed E-state index contributed by atoms with van der Waals surface area (Å²) < 4.78 is 1.01. The molecule has 6 heteroatoms. The maximum absolute atomic E-state index is 12.0. The second-order valence-electron chi connectivity index (χ2n) is 4.32. The van der Waals surface area contributed by atoms with Gasteiger partial charge in [0, 0.05) is 15.5 Å². The molecule has 19 heavy (non-hydrogen) atoms. The number of anilines is 2. The first-order chi connectivity index (χ1) is 8.95. The Bertz CT molecular complexity index is 601. The molecule has 100 valence electrons. The number of amides is 1. The number of nitrogens with one attached hydrogen (secondary N) is 1. The molecular weight excluding hydrogens is 326 g/mol. The number of aryl methyl sites for hydroxylation is 2. The highest BCUT2D eigenvalue weighted by molar-refractivity contribution is 9.10. The number of carbonyl (C=O) groups is 1. The summed E-state index contributed by atoms with van der Waals surface area (Å²) in [6.45, 7) is 3.93. The number of nitrogens with two attached hydrogens (primary N) is 1. The molecular formula is C13H14BrN3OS. The van der Waals surface area contributed by atoms with E-state index in [2.05, 4.69) is 26.2 Å². The van der Waals surface area contributed by atoms with Gasteiger partial charge in [-0.2, -0.15) is 0 Å². The molecule has 1 aromatic carbocycles. The molecule has 1 aromatic heterocycles. The van der Waals surface area contributed by atoms with E-state index in [1.54, 1.807) is 5.38 Å². The van der Waals surface area contributed by atoms with Gasteiger partial charge < -0.3 is 11.1 Å². The van der Waals surface area contributed by atoms with Crippen molar-refractivity contribution in [1.29, 1.82) is 0 Å². The summed E-state index contributed by atoms with van der Waals surface area (Å²) >= 11 is 4.78. The highest BCUT2D eigenvalue weighted by atomic mass is 79.9. The molecule has 2 rings (SSSR count). The first-order valence-electron chi connectivity index (χ1n) is 5.72. The normalized spacial score (nSPS) is 10.5. The van der Waals surface area contributed by atoms with Crippen molar-refractivity contribution in [2.75, 3.05) is 11.1 Å². The molecule has 2 aromatic rings. The number of rotatable bonds is 3. The van der Waals surface area contributed by atoms with Crippen LogP contribution in [0.25, 0.3) is 0 Å². The minimum Gasteiger partial charge on any atom is -0.375 e. The van der Waals surface area contributed by atoms with E-state index in [-0.39, 0.29) is 12.3 Å². The summed E-state index contributed by atoms with van der Waals surface area (Å²) in [4.78, 5) is 16.1. The third kappa shape index (κ3) is 3.54. The zero-order valence-electron chi connectivity index (χ0n) is 10.7. The molecule has 0 fully saturated rings. The third-order valence-corrected chi connectivity index (χ3v) is 3.85. The van der Waals surface area contributed by atoms with Crippen LogP contribution >= 0.6 is 27.3 Å². The Morgan fingerprint density at radius 3 is 2.58 bits per heavy atom. The van der Waals surface area contributed by atoms with Crippen molar-refractivity contribution in [1.82, 2.24) is 4.98 Å². The molecule has 0 unspecified atom stereocenters. The molecule has 0 spiro atoms. The molecule has 0 bridgehead atoms. The molecule has 4 nitrogen and oxygen atoms in total. The van der Waals surface area contributed by atoms with Crippen LogP contribution in [-0.2, 0) is 11.2 Å². The van der Waals surface area contributed by atoms with Crippen LogP contribution in [-0.4, -0.2) is 10.9 Å². The van der Waals surface area contributed by atoms with E-state index in [9.17, 15) is 4.79 Å². The monoisotopic (exact) mass is 339 g/mol. The fraction of sp³-hybridized carbons (Fsp3) is 0.231. The van der Waals surface area contributed by atoms with Crippen LogP contribution < -0.4 is 11.1 Å². The first-order valence-corrected chi connectivity index (χ1v) is 7.39. The molecule has 1 amide bonds. The second-order valence-corrected chi connectivity index (χ2v) is 6.12. The third-order valence-electron chi connectivity index (χ3n) is 2.67. The van der Waals surface area contributed by atoms with E-state index >= 15 is 0 Å². The lowest BCUT2D eigenvalue weighted by Crippen LogP contribution is -2.16. The van der Waals surface area contributed by atoms with Gasteiger partial charge in [-0.05, 0) is 37.1 Å². The van der Waals surface area contributed by atoms with Gasteiger partial charge in [-0.15, -0.1) is 11.3 Å². The molecule has 0 radical (unpaired) electrons. The molecule has 0 aliphatic rings. The number of halogens is 1. The Morgan fingerprint density at radius 2 is 2.05 bits per heavy atom. The highest BCUT2D eigenvalue weighted by Crippen LogP contribution is 2.25. The van der Waals surface area contributed by atoms with Gasteiger partial charge in [0.25, 0.3) is 0 Å². The minimum absolute atomic E-state index is 0.0844. The smallest absolute Gasteiger partial charge is 0.230 e. The summed E-state index contributed by atoms with van der Waals surface area (Å²) in [5, 5.41) is 5.21. The zero-order valence-corrected chi connectivity index (χ0v) is 13.1. The van der Waals surface area contributed by atoms with Crippen molar-refractivity contribution < 1.29 is 4.79 Å². The lowest BCUT2D eigenvalue weighted by Gasteiger charge is -2.11. The molecule has 0 saturated carbocycles. The maximum Gasteiger partial charge on any atom is 0.230 e. The van der Waals surface area contributed by atoms with E-state index in [1.165, 1.54) is 11.3 Å². The highest BCUT2D eigenvalue weighted by Gasteiger charge is 2.10. The van der Waals surface area contributed by atoms with Crippen LogP contribution in [0.15, 0.2) is 22.0 Å². The topological polar surface area (TPSA) is 68.0 Å². The molecule has 0 saturated heterocycles. The van der Waals surface area contributed by atoms with Crippen molar-refractivity contribution >= 4 is 44.0 Å². The largest absolute Gasteiger partial charge is 0.375 e. The van der Waals surface area contributed by atoms with E-state index in [0.29, 0.717) is 10.8 Å². The number of benzene rings is 1. The summed E-state index contributed by atoms with van der Waals surface area (Å²) in [6.07, 6.45) is 0.239. The average molecular weight is 340 g/mol. The Hall–Kier alpha value is -1.40. The van der Waals surface area contributed by atoms with Crippen LogP contribution in [0.2, 0.25) is 0 Å². The Kier molecular flexibility index (Phi) is 4.21. The quantitative estimate of drug-likeness (QED) is 0.901. The fourth-order valence-electron chi connectivity index (χ4n) is 1.86. The van der Waals surface area contributed by atoms with E-state index in [0.717, 1.165) is 21.3 Å². The van der Waals surface area contributed by atoms with Gasteiger partial charge in [0.05, 0.1) is 12.1 Å². The minimum atomic E-state index is -0.0844. The fourth-order valence-corrected chi connectivity index (χ4v) is 3.11. The predicted octanol–water partition coefficient (Wildman–Crippen LogP) is 3.29. The molecule has 0 atom stereocenters. The number of carbonyl (C=O) groups excluding carboxylic acids is 1. The van der Waals surface area contributed by atoms with Gasteiger partial charge in [-0.25, -0.2) is 4.98 Å². The lowest BCUT2D eigenvalue weighted by atomic mass is 10.1. The van der Waals surface area contributed by atoms with Crippen molar-refractivity contribution in [3.05, 3.63) is 38.8 Å². The number of nitrogens with zero attached hydrogens (tertiary/aromatic N) is 1. The second kappa shape index (κ2) is 5.71. The van der Waals surface area contributed by atoms with Gasteiger partial charge in [0.15, 0.2) is 5.13 Å². The van der Waals surface area contributed by atoms with Crippen LogP contribution in [0.5, 0.6) is 0 Å². The molecule has 0 aliphatic heterocycles. The van der Waals surface area contributed by atoms with Gasteiger partial charge in [0.2, 0.25) is 5.91 Å². The molecule has 3 N–H and O–H groups in total. The van der Waals surface area contributed by atoms with Crippen molar-refractivity contribution in [3.63, 3.8) is 0 Å².